The Labute approximate surface area is 177 Å². The fourth-order valence-electron chi connectivity index (χ4n) is 3.69. The number of carbonyl (C=O) groups is 1. The minimum absolute atomic E-state index is 0.152. The van der Waals surface area contributed by atoms with Crippen LogP contribution in [0.5, 0.6) is 0 Å². The summed E-state index contributed by atoms with van der Waals surface area (Å²) in [4.78, 5) is 12.8. The smallest absolute Gasteiger partial charge is 0.251 e. The van der Waals surface area contributed by atoms with Crippen molar-refractivity contribution in [2.75, 3.05) is 16.6 Å². The molecule has 0 bridgehead atoms. The monoisotopic (exact) mass is 420 g/mol. The summed E-state index contributed by atoms with van der Waals surface area (Å²) in [5.41, 5.74) is 4.26. The Kier molecular flexibility index (Phi) is 5.59. The first-order valence-electron chi connectivity index (χ1n) is 10.0. The summed E-state index contributed by atoms with van der Waals surface area (Å²) in [7, 11) is -3.27. The Morgan fingerprint density at radius 3 is 2.30 bits per heavy atom. The first kappa shape index (κ1) is 20.2. The van der Waals surface area contributed by atoms with E-state index in [0.717, 1.165) is 16.7 Å². The standard InChI is InChI=1S/C24H24N2O3S/c1-18(19-11-13-21(14-12-19)20-7-3-2-4-8-20)25-24(27)22-9-5-10-23(17-22)26-15-6-16-30(26,28)29/h2-5,7-14,17-18H,6,15-16H2,1H3,(H,25,27). The normalized spacial score (nSPS) is 16.2. The maximum absolute atomic E-state index is 12.8. The third-order valence-corrected chi connectivity index (χ3v) is 7.23. The number of anilines is 1. The molecule has 154 valence electrons. The van der Waals surface area contributed by atoms with E-state index in [2.05, 4.69) is 17.4 Å². The summed E-state index contributed by atoms with van der Waals surface area (Å²) in [6.45, 7) is 2.39. The molecule has 6 heteroatoms. The summed E-state index contributed by atoms with van der Waals surface area (Å²) in [6, 6.07) is 24.9. The van der Waals surface area contributed by atoms with E-state index in [0.29, 0.717) is 24.2 Å². The number of rotatable bonds is 5. The average molecular weight is 421 g/mol. The molecule has 1 saturated heterocycles. The Morgan fingerprint density at radius 2 is 1.63 bits per heavy atom. The first-order chi connectivity index (χ1) is 14.4. The van der Waals surface area contributed by atoms with Crippen LogP contribution in [0, 0.1) is 0 Å². The molecule has 1 aliphatic heterocycles. The number of hydrogen-bond donors (Lipinski definition) is 1. The third kappa shape index (κ3) is 4.24. The molecule has 0 saturated carbocycles. The quantitative estimate of drug-likeness (QED) is 0.666. The van der Waals surface area contributed by atoms with Gasteiger partial charge >= 0.3 is 0 Å². The van der Waals surface area contributed by atoms with E-state index in [1.54, 1.807) is 24.3 Å². The molecule has 3 aromatic rings. The number of hydrogen-bond acceptors (Lipinski definition) is 3. The van der Waals surface area contributed by atoms with Gasteiger partial charge < -0.3 is 5.32 Å². The predicted molar refractivity (Wildman–Crippen MR) is 120 cm³/mol. The zero-order chi connectivity index (χ0) is 21.1. The second-order valence-corrected chi connectivity index (χ2v) is 9.49. The lowest BCUT2D eigenvalue weighted by Gasteiger charge is -2.19. The Bertz CT molecular complexity index is 1140. The summed E-state index contributed by atoms with van der Waals surface area (Å²) in [6.07, 6.45) is 0.606. The van der Waals surface area contributed by atoms with Gasteiger partial charge in [0.05, 0.1) is 17.5 Å². The largest absolute Gasteiger partial charge is 0.346 e. The molecule has 4 rings (SSSR count). The lowest BCUT2D eigenvalue weighted by atomic mass is 10.0. The number of benzene rings is 3. The van der Waals surface area contributed by atoms with Gasteiger partial charge in [-0.05, 0) is 48.2 Å². The van der Waals surface area contributed by atoms with Crippen molar-refractivity contribution in [2.45, 2.75) is 19.4 Å². The second-order valence-electron chi connectivity index (χ2n) is 7.48. The minimum atomic E-state index is -3.27. The molecule has 5 nitrogen and oxygen atoms in total. The van der Waals surface area contributed by atoms with Crippen molar-refractivity contribution >= 4 is 21.6 Å². The van der Waals surface area contributed by atoms with Crippen molar-refractivity contribution in [3.05, 3.63) is 90.0 Å². The SMILES string of the molecule is CC(NC(=O)c1cccc(N2CCCS2(=O)=O)c1)c1ccc(-c2ccccc2)cc1. The molecule has 1 heterocycles. The number of nitrogens with one attached hydrogen (secondary N) is 1. The minimum Gasteiger partial charge on any atom is -0.346 e. The van der Waals surface area contributed by atoms with Crippen LogP contribution in [0.1, 0.15) is 35.3 Å². The highest BCUT2D eigenvalue weighted by Gasteiger charge is 2.28. The van der Waals surface area contributed by atoms with Gasteiger partial charge in [0.15, 0.2) is 0 Å². The molecule has 1 atom stereocenters. The average Bonchev–Trinajstić information content (AvgIpc) is 3.13. The van der Waals surface area contributed by atoms with Crippen LogP contribution in [-0.2, 0) is 10.0 Å². The highest BCUT2D eigenvalue weighted by atomic mass is 32.2. The van der Waals surface area contributed by atoms with Crippen LogP contribution in [-0.4, -0.2) is 26.6 Å². The summed E-state index contributed by atoms with van der Waals surface area (Å²) < 4.78 is 25.7. The Balaban J connectivity index is 1.47. The number of carbonyl (C=O) groups excluding carboxylic acids is 1. The van der Waals surface area contributed by atoms with Gasteiger partial charge in [-0.25, -0.2) is 8.42 Å². The van der Waals surface area contributed by atoms with Gasteiger partial charge in [-0.15, -0.1) is 0 Å². The molecular formula is C24H24N2O3S. The Hall–Kier alpha value is -3.12. The molecule has 1 amide bonds. The van der Waals surface area contributed by atoms with E-state index in [-0.39, 0.29) is 17.7 Å². The lowest BCUT2D eigenvalue weighted by Crippen LogP contribution is -2.28. The number of sulfonamides is 1. The van der Waals surface area contributed by atoms with E-state index in [1.807, 2.05) is 49.4 Å². The van der Waals surface area contributed by atoms with Crippen LogP contribution in [0.2, 0.25) is 0 Å². The predicted octanol–water partition coefficient (Wildman–Crippen LogP) is 4.38. The topological polar surface area (TPSA) is 66.5 Å². The fraction of sp³-hybridized carbons (Fsp3) is 0.208. The molecule has 0 aromatic heterocycles. The van der Waals surface area contributed by atoms with E-state index >= 15 is 0 Å². The van der Waals surface area contributed by atoms with E-state index in [9.17, 15) is 13.2 Å². The molecule has 0 spiro atoms. The zero-order valence-corrected chi connectivity index (χ0v) is 17.6. The van der Waals surface area contributed by atoms with Crippen LogP contribution < -0.4 is 9.62 Å². The maximum atomic E-state index is 12.8. The molecule has 0 aliphatic carbocycles. The molecule has 1 N–H and O–H groups in total. The van der Waals surface area contributed by atoms with Gasteiger partial charge in [-0.2, -0.15) is 0 Å². The van der Waals surface area contributed by atoms with Gasteiger partial charge in [-0.3, -0.25) is 9.10 Å². The third-order valence-electron chi connectivity index (χ3n) is 5.36. The fourth-order valence-corrected chi connectivity index (χ4v) is 5.25. The second kappa shape index (κ2) is 8.32. The molecule has 1 fully saturated rings. The van der Waals surface area contributed by atoms with Crippen molar-refractivity contribution in [1.29, 1.82) is 0 Å². The molecule has 30 heavy (non-hydrogen) atoms. The van der Waals surface area contributed by atoms with E-state index in [4.69, 9.17) is 0 Å². The van der Waals surface area contributed by atoms with Crippen molar-refractivity contribution in [1.82, 2.24) is 5.32 Å². The van der Waals surface area contributed by atoms with Gasteiger partial charge in [-0.1, -0.05) is 60.7 Å². The lowest BCUT2D eigenvalue weighted by molar-refractivity contribution is 0.0940. The zero-order valence-electron chi connectivity index (χ0n) is 16.8. The van der Waals surface area contributed by atoms with Gasteiger partial charge in [0, 0.05) is 12.1 Å². The van der Waals surface area contributed by atoms with Crippen molar-refractivity contribution in [3.8, 4) is 11.1 Å². The van der Waals surface area contributed by atoms with Crippen LogP contribution in [0.25, 0.3) is 11.1 Å². The highest BCUT2D eigenvalue weighted by molar-refractivity contribution is 7.93. The van der Waals surface area contributed by atoms with Crippen LogP contribution in [0.15, 0.2) is 78.9 Å². The van der Waals surface area contributed by atoms with Crippen molar-refractivity contribution in [2.24, 2.45) is 0 Å². The van der Waals surface area contributed by atoms with E-state index in [1.165, 1.54) is 4.31 Å². The van der Waals surface area contributed by atoms with Crippen LogP contribution in [0.3, 0.4) is 0 Å². The molecule has 1 aliphatic rings. The molecular weight excluding hydrogens is 396 g/mol. The highest BCUT2D eigenvalue weighted by Crippen LogP contribution is 2.25. The van der Waals surface area contributed by atoms with Crippen molar-refractivity contribution in [3.63, 3.8) is 0 Å². The van der Waals surface area contributed by atoms with Crippen LogP contribution in [0.4, 0.5) is 5.69 Å². The molecule has 0 radical (unpaired) electrons. The molecule has 3 aromatic carbocycles. The van der Waals surface area contributed by atoms with Gasteiger partial charge in [0.25, 0.3) is 5.91 Å². The number of amides is 1. The summed E-state index contributed by atoms with van der Waals surface area (Å²) in [5, 5.41) is 3.00. The van der Waals surface area contributed by atoms with Crippen LogP contribution >= 0.6 is 0 Å². The number of nitrogens with zero attached hydrogens (tertiary/aromatic N) is 1. The first-order valence-corrected chi connectivity index (χ1v) is 11.6. The van der Waals surface area contributed by atoms with E-state index < -0.39 is 10.0 Å². The maximum Gasteiger partial charge on any atom is 0.251 e. The van der Waals surface area contributed by atoms with Gasteiger partial charge in [0.2, 0.25) is 10.0 Å². The summed E-state index contributed by atoms with van der Waals surface area (Å²) in [5.74, 6) is -0.0764. The summed E-state index contributed by atoms with van der Waals surface area (Å²) >= 11 is 0. The Morgan fingerprint density at radius 1 is 0.933 bits per heavy atom. The van der Waals surface area contributed by atoms with Crippen molar-refractivity contribution < 1.29 is 13.2 Å². The molecule has 1 unspecified atom stereocenters. The van der Waals surface area contributed by atoms with Gasteiger partial charge in [0.1, 0.15) is 0 Å².